The monoisotopic (exact) mass is 485 g/mol. The fraction of sp³-hybridized carbons (Fsp3) is 0.292. The quantitative estimate of drug-likeness (QED) is 0.203. The van der Waals surface area contributed by atoms with Crippen LogP contribution < -0.4 is 15.4 Å². The highest BCUT2D eigenvalue weighted by Gasteiger charge is 2.19. The van der Waals surface area contributed by atoms with Crippen molar-refractivity contribution in [3.05, 3.63) is 65.2 Å². The molecule has 0 aliphatic heterocycles. The van der Waals surface area contributed by atoms with E-state index >= 15 is 0 Å². The van der Waals surface area contributed by atoms with Crippen LogP contribution in [0.15, 0.2) is 48.5 Å². The van der Waals surface area contributed by atoms with Gasteiger partial charge in [-0.3, -0.25) is 19.8 Å². The Kier molecular flexibility index (Phi) is 10.3. The largest absolute Gasteiger partial charge is 0.482 e. The van der Waals surface area contributed by atoms with Crippen LogP contribution in [-0.2, 0) is 9.53 Å². The van der Waals surface area contributed by atoms with Gasteiger partial charge in [0.1, 0.15) is 11.6 Å². The van der Waals surface area contributed by atoms with Gasteiger partial charge in [-0.15, -0.1) is 0 Å². The number of ether oxygens (including phenoxy) is 2. The molecule has 2 rings (SSSR count). The van der Waals surface area contributed by atoms with Crippen molar-refractivity contribution in [2.75, 3.05) is 19.0 Å². The molecule has 1 atom stereocenters. The van der Waals surface area contributed by atoms with Gasteiger partial charge in [0.2, 0.25) is 0 Å². The van der Waals surface area contributed by atoms with Crippen LogP contribution in [-0.4, -0.2) is 53.7 Å². The second-order valence-electron chi connectivity index (χ2n) is 6.98. The van der Waals surface area contributed by atoms with Crippen LogP contribution in [0.3, 0.4) is 0 Å². The highest BCUT2D eigenvalue weighted by Crippen LogP contribution is 2.14. The summed E-state index contributed by atoms with van der Waals surface area (Å²) >= 11 is 1.06. The second kappa shape index (κ2) is 13.1. The summed E-state index contributed by atoms with van der Waals surface area (Å²) in [5, 5.41) is 12.7. The van der Waals surface area contributed by atoms with Gasteiger partial charge in [-0.25, -0.2) is 4.79 Å². The lowest BCUT2D eigenvalue weighted by Crippen LogP contribution is -2.38. The maximum atomic E-state index is 12.7. The molecule has 180 valence electrons. The fourth-order valence-corrected chi connectivity index (χ4v) is 3.22. The number of rotatable bonds is 10. The molecule has 0 radical (unpaired) electrons. The van der Waals surface area contributed by atoms with Crippen molar-refractivity contribution in [1.82, 2.24) is 10.6 Å². The van der Waals surface area contributed by atoms with Crippen LogP contribution >= 0.6 is 11.8 Å². The number of benzene rings is 2. The Morgan fingerprint density at radius 3 is 2.12 bits per heavy atom. The van der Waals surface area contributed by atoms with E-state index in [1.165, 1.54) is 12.1 Å². The maximum absolute atomic E-state index is 12.7. The first-order valence-corrected chi connectivity index (χ1v) is 11.6. The van der Waals surface area contributed by atoms with E-state index < -0.39 is 17.9 Å². The summed E-state index contributed by atoms with van der Waals surface area (Å²) in [4.78, 5) is 48.2. The van der Waals surface area contributed by atoms with Gasteiger partial charge in [0.15, 0.2) is 12.4 Å². The zero-order valence-electron chi connectivity index (χ0n) is 19.2. The summed E-state index contributed by atoms with van der Waals surface area (Å²) in [5.41, 5.74) is 1.14. The smallest absolute Gasteiger partial charge is 0.344 e. The molecule has 0 bridgehead atoms. The Labute approximate surface area is 202 Å². The Hall–Kier alpha value is -3.66. The van der Waals surface area contributed by atoms with Crippen LogP contribution in [0, 0.1) is 5.41 Å². The number of carbonyl (C=O) groups is 4. The van der Waals surface area contributed by atoms with Crippen molar-refractivity contribution in [3.8, 4) is 5.75 Å². The zero-order valence-corrected chi connectivity index (χ0v) is 20.0. The number of esters is 1. The van der Waals surface area contributed by atoms with E-state index in [0.29, 0.717) is 28.2 Å². The average molecular weight is 486 g/mol. The number of amidine groups is 1. The minimum Gasteiger partial charge on any atom is -0.482 e. The van der Waals surface area contributed by atoms with E-state index in [0.717, 1.165) is 11.8 Å². The van der Waals surface area contributed by atoms with Gasteiger partial charge >= 0.3 is 5.97 Å². The zero-order chi connectivity index (χ0) is 25.1. The summed E-state index contributed by atoms with van der Waals surface area (Å²) < 4.78 is 10.1. The summed E-state index contributed by atoms with van der Waals surface area (Å²) in [7, 11) is 0. The minimum atomic E-state index is -0.790. The highest BCUT2D eigenvalue weighted by molar-refractivity contribution is 8.13. The normalized spacial score (nSPS) is 11.1. The molecule has 2 amide bonds. The summed E-state index contributed by atoms with van der Waals surface area (Å²) in [6, 6.07) is 11.6. The molecular weight excluding hydrogens is 458 g/mol. The van der Waals surface area contributed by atoms with Crippen molar-refractivity contribution < 1.29 is 28.7 Å². The number of hydrogen-bond acceptors (Lipinski definition) is 8. The first-order valence-electron chi connectivity index (χ1n) is 10.6. The van der Waals surface area contributed by atoms with Crippen molar-refractivity contribution >= 4 is 40.5 Å². The lowest BCUT2D eigenvalue weighted by atomic mass is 10.0. The number of ketones is 1. The Balaban J connectivity index is 1.92. The molecule has 0 saturated carbocycles. The number of hydrogen-bond donors (Lipinski definition) is 3. The van der Waals surface area contributed by atoms with Crippen molar-refractivity contribution in [3.63, 3.8) is 0 Å². The molecule has 2 aromatic carbocycles. The van der Waals surface area contributed by atoms with Gasteiger partial charge in [-0.2, -0.15) is 0 Å². The van der Waals surface area contributed by atoms with Gasteiger partial charge in [-0.05, 0) is 56.0 Å². The van der Waals surface area contributed by atoms with E-state index in [1.54, 1.807) is 50.2 Å². The molecule has 0 fully saturated rings. The van der Waals surface area contributed by atoms with E-state index in [1.807, 2.05) is 6.92 Å². The third-order valence-corrected chi connectivity index (χ3v) is 5.13. The molecule has 0 aliphatic carbocycles. The number of amides is 2. The summed E-state index contributed by atoms with van der Waals surface area (Å²) in [6.07, 6.45) is 0. The maximum Gasteiger partial charge on any atom is 0.344 e. The predicted octanol–water partition coefficient (Wildman–Crippen LogP) is 3.42. The topological polar surface area (TPSA) is 135 Å². The standard InChI is InChI=1S/C24H27N3O6S/c1-4-32-20(28)14-33-19-12-10-16(11-13-19)21(29)15(3)26-23(30)18-8-6-17(7-9-18)22(25)27-24(31)34-5-2/h6-13,15H,4-5,14H2,1-3H3,(H,26,30)(H2,25,27,31)/t15-/m0/s1. The van der Waals surface area contributed by atoms with Gasteiger partial charge in [0, 0.05) is 16.7 Å². The van der Waals surface area contributed by atoms with Crippen LogP contribution in [0.4, 0.5) is 4.79 Å². The molecule has 0 heterocycles. The van der Waals surface area contributed by atoms with E-state index in [4.69, 9.17) is 14.9 Å². The molecule has 9 nitrogen and oxygen atoms in total. The third kappa shape index (κ3) is 8.04. The average Bonchev–Trinajstić information content (AvgIpc) is 2.83. The number of carbonyl (C=O) groups excluding carboxylic acids is 4. The SMILES string of the molecule is CCOC(=O)COc1ccc(C(=O)[C@H](C)NC(=O)c2ccc(C(=N)NC(=O)SCC)cc2)cc1. The van der Waals surface area contributed by atoms with Crippen LogP contribution in [0.5, 0.6) is 5.75 Å². The van der Waals surface area contributed by atoms with Crippen LogP contribution in [0.2, 0.25) is 0 Å². The Bertz CT molecular complexity index is 1040. The van der Waals surface area contributed by atoms with Crippen LogP contribution in [0.1, 0.15) is 47.1 Å². The van der Waals surface area contributed by atoms with E-state index in [9.17, 15) is 19.2 Å². The fourth-order valence-electron chi connectivity index (χ4n) is 2.79. The van der Waals surface area contributed by atoms with Gasteiger partial charge in [0.05, 0.1) is 12.6 Å². The molecule has 0 saturated heterocycles. The first kappa shape index (κ1) is 26.6. The lowest BCUT2D eigenvalue weighted by Gasteiger charge is -2.14. The van der Waals surface area contributed by atoms with Crippen molar-refractivity contribution in [2.24, 2.45) is 0 Å². The van der Waals surface area contributed by atoms with E-state index in [-0.39, 0.29) is 30.1 Å². The van der Waals surface area contributed by atoms with E-state index in [2.05, 4.69) is 10.6 Å². The molecule has 0 aliphatic rings. The minimum absolute atomic E-state index is 0.0591. The first-order chi connectivity index (χ1) is 16.2. The summed E-state index contributed by atoms with van der Waals surface area (Å²) in [5.74, 6) is -0.266. The molecule has 0 unspecified atom stereocenters. The molecule has 0 aromatic heterocycles. The highest BCUT2D eigenvalue weighted by atomic mass is 32.2. The van der Waals surface area contributed by atoms with Crippen molar-refractivity contribution in [1.29, 1.82) is 5.41 Å². The molecule has 3 N–H and O–H groups in total. The lowest BCUT2D eigenvalue weighted by molar-refractivity contribution is -0.145. The van der Waals surface area contributed by atoms with Gasteiger partial charge < -0.3 is 20.1 Å². The van der Waals surface area contributed by atoms with Crippen molar-refractivity contribution in [2.45, 2.75) is 26.8 Å². The Morgan fingerprint density at radius 2 is 1.53 bits per heavy atom. The van der Waals surface area contributed by atoms with Gasteiger partial charge in [-0.1, -0.05) is 30.8 Å². The third-order valence-electron chi connectivity index (χ3n) is 4.48. The Morgan fingerprint density at radius 1 is 0.941 bits per heavy atom. The summed E-state index contributed by atoms with van der Waals surface area (Å²) in [6.45, 7) is 5.16. The molecule has 10 heteroatoms. The number of nitrogens with one attached hydrogen (secondary N) is 3. The number of thioether (sulfide) groups is 1. The molecular formula is C24H27N3O6S. The molecule has 2 aromatic rings. The molecule has 34 heavy (non-hydrogen) atoms. The predicted molar refractivity (Wildman–Crippen MR) is 130 cm³/mol. The molecule has 0 spiro atoms. The second-order valence-corrected chi connectivity index (χ2v) is 8.21. The van der Waals surface area contributed by atoms with Crippen LogP contribution in [0.25, 0.3) is 0 Å². The number of Topliss-reactive ketones (excluding diaryl/α,β-unsaturated/α-hetero) is 1. The van der Waals surface area contributed by atoms with Gasteiger partial charge in [0.25, 0.3) is 11.1 Å².